The number of unbranched alkanes of at least 4 members (excludes halogenated alkanes) is 2. The lowest BCUT2D eigenvalue weighted by atomic mass is 10.1. The topological polar surface area (TPSA) is 55.1 Å². The molecular formula is C14H20F2N2O. The zero-order chi connectivity index (χ0) is 14.3. The SMILES string of the molecule is CC(NC(=O)CCCCCN)c1ccc(F)c(F)c1. The highest BCUT2D eigenvalue weighted by Gasteiger charge is 2.11. The van der Waals surface area contributed by atoms with Gasteiger partial charge in [-0.25, -0.2) is 8.78 Å². The van der Waals surface area contributed by atoms with Crippen molar-refractivity contribution >= 4 is 5.91 Å². The highest BCUT2D eigenvalue weighted by atomic mass is 19.2. The van der Waals surface area contributed by atoms with Crippen molar-refractivity contribution in [3.05, 3.63) is 35.4 Å². The Labute approximate surface area is 112 Å². The summed E-state index contributed by atoms with van der Waals surface area (Å²) in [6, 6.07) is 3.30. The lowest BCUT2D eigenvalue weighted by Gasteiger charge is -2.14. The Morgan fingerprint density at radius 1 is 1.26 bits per heavy atom. The first-order valence-electron chi connectivity index (χ1n) is 6.49. The quantitative estimate of drug-likeness (QED) is 0.748. The zero-order valence-electron chi connectivity index (χ0n) is 11.1. The van der Waals surface area contributed by atoms with Crippen molar-refractivity contribution in [1.29, 1.82) is 0 Å². The Morgan fingerprint density at radius 2 is 2.00 bits per heavy atom. The maximum Gasteiger partial charge on any atom is 0.220 e. The summed E-state index contributed by atoms with van der Waals surface area (Å²) in [4.78, 5) is 11.6. The monoisotopic (exact) mass is 270 g/mol. The van der Waals surface area contributed by atoms with Gasteiger partial charge in [0, 0.05) is 6.42 Å². The third-order valence-corrected chi connectivity index (χ3v) is 2.93. The van der Waals surface area contributed by atoms with E-state index >= 15 is 0 Å². The van der Waals surface area contributed by atoms with E-state index in [1.165, 1.54) is 6.07 Å². The first-order chi connectivity index (χ1) is 9.04. The molecule has 1 rings (SSSR count). The predicted octanol–water partition coefficient (Wildman–Crippen LogP) is 2.66. The first kappa shape index (κ1) is 15.6. The average Bonchev–Trinajstić information content (AvgIpc) is 2.38. The van der Waals surface area contributed by atoms with Crippen LogP contribution < -0.4 is 11.1 Å². The van der Waals surface area contributed by atoms with Gasteiger partial charge >= 0.3 is 0 Å². The summed E-state index contributed by atoms with van der Waals surface area (Å²) in [6.45, 7) is 2.37. The van der Waals surface area contributed by atoms with Crippen molar-refractivity contribution in [1.82, 2.24) is 5.32 Å². The van der Waals surface area contributed by atoms with Gasteiger partial charge in [-0.1, -0.05) is 12.5 Å². The van der Waals surface area contributed by atoms with Gasteiger partial charge in [0.15, 0.2) is 11.6 Å². The molecule has 1 aromatic rings. The fourth-order valence-corrected chi connectivity index (χ4v) is 1.79. The number of carbonyl (C=O) groups excluding carboxylic acids is 1. The molecule has 0 radical (unpaired) electrons. The van der Waals surface area contributed by atoms with E-state index < -0.39 is 11.6 Å². The number of hydrogen-bond acceptors (Lipinski definition) is 2. The van der Waals surface area contributed by atoms with E-state index in [0.717, 1.165) is 31.4 Å². The minimum atomic E-state index is -0.901. The van der Waals surface area contributed by atoms with E-state index in [2.05, 4.69) is 5.32 Å². The molecule has 106 valence electrons. The number of nitrogens with two attached hydrogens (primary N) is 1. The fraction of sp³-hybridized carbons (Fsp3) is 0.500. The van der Waals surface area contributed by atoms with Gasteiger partial charge < -0.3 is 11.1 Å². The molecule has 19 heavy (non-hydrogen) atoms. The maximum atomic E-state index is 13.1. The van der Waals surface area contributed by atoms with Gasteiger partial charge in [-0.2, -0.15) is 0 Å². The Hall–Kier alpha value is -1.49. The molecule has 1 atom stereocenters. The average molecular weight is 270 g/mol. The molecule has 5 heteroatoms. The standard InChI is InChI=1S/C14H20F2N2O/c1-10(11-6-7-12(15)13(16)9-11)18-14(19)5-3-2-4-8-17/h6-7,9-10H,2-5,8,17H2,1H3,(H,18,19). The van der Waals surface area contributed by atoms with Crippen LogP contribution in [0.1, 0.15) is 44.2 Å². The molecule has 3 nitrogen and oxygen atoms in total. The minimum Gasteiger partial charge on any atom is -0.350 e. The van der Waals surface area contributed by atoms with E-state index in [1.54, 1.807) is 6.92 Å². The zero-order valence-corrected chi connectivity index (χ0v) is 11.1. The molecule has 0 aliphatic heterocycles. The highest BCUT2D eigenvalue weighted by molar-refractivity contribution is 5.76. The van der Waals surface area contributed by atoms with Gasteiger partial charge in [0.1, 0.15) is 0 Å². The summed E-state index contributed by atoms with van der Waals surface area (Å²) < 4.78 is 25.9. The van der Waals surface area contributed by atoms with E-state index in [4.69, 9.17) is 5.73 Å². The second kappa shape index (κ2) is 7.84. The second-order valence-electron chi connectivity index (χ2n) is 4.56. The van der Waals surface area contributed by atoms with Crippen LogP contribution in [0.2, 0.25) is 0 Å². The van der Waals surface area contributed by atoms with Crippen molar-refractivity contribution in [3.63, 3.8) is 0 Å². The number of halogens is 2. The molecule has 3 N–H and O–H groups in total. The molecular weight excluding hydrogens is 250 g/mol. The van der Waals surface area contributed by atoms with Crippen LogP contribution in [-0.2, 0) is 4.79 Å². The molecule has 0 aliphatic rings. The molecule has 1 unspecified atom stereocenters. The molecule has 1 aromatic carbocycles. The largest absolute Gasteiger partial charge is 0.350 e. The van der Waals surface area contributed by atoms with Gasteiger partial charge in [-0.15, -0.1) is 0 Å². The van der Waals surface area contributed by atoms with Crippen molar-refractivity contribution < 1.29 is 13.6 Å². The fourth-order valence-electron chi connectivity index (χ4n) is 1.79. The molecule has 0 aromatic heterocycles. The Kier molecular flexibility index (Phi) is 6.42. The van der Waals surface area contributed by atoms with Crippen molar-refractivity contribution in [2.45, 2.75) is 38.6 Å². The number of carbonyl (C=O) groups is 1. The number of hydrogen-bond donors (Lipinski definition) is 2. The highest BCUT2D eigenvalue weighted by Crippen LogP contribution is 2.16. The smallest absolute Gasteiger partial charge is 0.220 e. The molecule has 1 amide bonds. The summed E-state index contributed by atoms with van der Waals surface area (Å²) in [7, 11) is 0. The van der Waals surface area contributed by atoms with Crippen LogP contribution in [0.5, 0.6) is 0 Å². The molecule has 0 heterocycles. The van der Waals surface area contributed by atoms with E-state index in [0.29, 0.717) is 18.5 Å². The van der Waals surface area contributed by atoms with Crippen LogP contribution in [0, 0.1) is 11.6 Å². The number of benzene rings is 1. The molecule has 0 spiro atoms. The van der Waals surface area contributed by atoms with Gasteiger partial charge in [-0.3, -0.25) is 4.79 Å². The number of rotatable bonds is 7. The number of amides is 1. The van der Waals surface area contributed by atoms with Crippen molar-refractivity contribution in [2.24, 2.45) is 5.73 Å². The Balaban J connectivity index is 2.43. The van der Waals surface area contributed by atoms with Gasteiger partial charge in [-0.05, 0) is 44.0 Å². The first-order valence-corrected chi connectivity index (χ1v) is 6.49. The van der Waals surface area contributed by atoms with Gasteiger partial charge in [0.05, 0.1) is 6.04 Å². The summed E-state index contributed by atoms with van der Waals surface area (Å²) >= 11 is 0. The molecule has 0 saturated carbocycles. The second-order valence-corrected chi connectivity index (χ2v) is 4.56. The van der Waals surface area contributed by atoms with E-state index in [9.17, 15) is 13.6 Å². The van der Waals surface area contributed by atoms with Crippen molar-refractivity contribution in [2.75, 3.05) is 6.54 Å². The van der Waals surface area contributed by atoms with Crippen LogP contribution in [0.3, 0.4) is 0 Å². The molecule has 0 aliphatic carbocycles. The van der Waals surface area contributed by atoms with Gasteiger partial charge in [0.2, 0.25) is 5.91 Å². The Morgan fingerprint density at radius 3 is 2.63 bits per heavy atom. The summed E-state index contributed by atoms with van der Waals surface area (Å²) in [5.41, 5.74) is 5.91. The normalized spacial score (nSPS) is 12.2. The molecule has 0 saturated heterocycles. The molecule has 0 fully saturated rings. The summed E-state index contributed by atoms with van der Waals surface area (Å²) in [5.74, 6) is -1.88. The number of nitrogens with one attached hydrogen (secondary N) is 1. The van der Waals surface area contributed by atoms with Crippen LogP contribution in [-0.4, -0.2) is 12.5 Å². The predicted molar refractivity (Wildman–Crippen MR) is 70.4 cm³/mol. The minimum absolute atomic E-state index is 0.0887. The van der Waals surface area contributed by atoms with Gasteiger partial charge in [0.25, 0.3) is 0 Å². The van der Waals surface area contributed by atoms with Crippen molar-refractivity contribution in [3.8, 4) is 0 Å². The Bertz CT molecular complexity index is 424. The van der Waals surface area contributed by atoms with Crippen LogP contribution in [0.4, 0.5) is 8.78 Å². The molecule has 0 bridgehead atoms. The van der Waals surface area contributed by atoms with E-state index in [-0.39, 0.29) is 11.9 Å². The summed E-state index contributed by atoms with van der Waals surface area (Å²) in [5, 5.41) is 2.76. The summed E-state index contributed by atoms with van der Waals surface area (Å²) in [6.07, 6.45) is 3.04. The van der Waals surface area contributed by atoms with Crippen LogP contribution >= 0.6 is 0 Å². The van der Waals surface area contributed by atoms with E-state index in [1.807, 2.05) is 0 Å². The van der Waals surface area contributed by atoms with Crippen LogP contribution in [0.25, 0.3) is 0 Å². The third kappa shape index (κ3) is 5.34. The lowest BCUT2D eigenvalue weighted by molar-refractivity contribution is -0.121. The third-order valence-electron chi connectivity index (χ3n) is 2.93. The lowest BCUT2D eigenvalue weighted by Crippen LogP contribution is -2.26. The van der Waals surface area contributed by atoms with Crippen LogP contribution in [0.15, 0.2) is 18.2 Å². The maximum absolute atomic E-state index is 13.1.